The van der Waals surface area contributed by atoms with Crippen LogP contribution in [-0.2, 0) is 18.9 Å². The fourth-order valence-corrected chi connectivity index (χ4v) is 5.22. The van der Waals surface area contributed by atoms with E-state index in [-0.39, 0.29) is 5.41 Å². The SMILES string of the molecule is C[n+]1ccccc1-c1ccccc1Cc1ccc2c(oc3ccccc32)c1-c1cc(C(C)(C)C)ccn1. The summed E-state index contributed by atoms with van der Waals surface area (Å²) in [7, 11) is 2.10. The molecule has 0 saturated carbocycles. The molecule has 3 aromatic heterocycles. The molecule has 182 valence electrons. The zero-order chi connectivity index (χ0) is 25.6. The topological polar surface area (TPSA) is 29.9 Å². The van der Waals surface area contributed by atoms with Gasteiger partial charge in [0.2, 0.25) is 5.69 Å². The summed E-state index contributed by atoms with van der Waals surface area (Å²) in [5.41, 5.74) is 10.0. The van der Waals surface area contributed by atoms with Crippen LogP contribution in [-0.4, -0.2) is 4.98 Å². The lowest BCUT2D eigenvalue weighted by atomic mass is 9.86. The van der Waals surface area contributed by atoms with Gasteiger partial charge in [-0.15, -0.1) is 0 Å². The molecule has 0 aliphatic rings. The third-order valence-electron chi connectivity index (χ3n) is 7.24. The van der Waals surface area contributed by atoms with E-state index < -0.39 is 0 Å². The van der Waals surface area contributed by atoms with Gasteiger partial charge in [-0.2, -0.15) is 0 Å². The van der Waals surface area contributed by atoms with Crippen molar-refractivity contribution >= 4 is 21.9 Å². The number of fused-ring (bicyclic) bond motifs is 3. The molecule has 6 aromatic rings. The zero-order valence-corrected chi connectivity index (χ0v) is 21.8. The maximum atomic E-state index is 6.53. The first-order valence-corrected chi connectivity index (χ1v) is 12.8. The Balaban J connectivity index is 1.59. The minimum Gasteiger partial charge on any atom is -0.455 e. The molecule has 0 atom stereocenters. The van der Waals surface area contributed by atoms with Crippen molar-refractivity contribution in [2.45, 2.75) is 32.6 Å². The summed E-state index contributed by atoms with van der Waals surface area (Å²) in [5.74, 6) is 0. The number of benzene rings is 3. The maximum absolute atomic E-state index is 6.53. The summed E-state index contributed by atoms with van der Waals surface area (Å²) in [6.45, 7) is 6.72. The molecule has 37 heavy (non-hydrogen) atoms. The van der Waals surface area contributed by atoms with Gasteiger partial charge in [-0.3, -0.25) is 4.98 Å². The van der Waals surface area contributed by atoms with Crippen LogP contribution in [0.3, 0.4) is 0 Å². The highest BCUT2D eigenvalue weighted by molar-refractivity contribution is 6.10. The summed E-state index contributed by atoms with van der Waals surface area (Å²) in [6, 6.07) is 32.1. The highest BCUT2D eigenvalue weighted by Gasteiger charge is 2.22. The Kier molecular flexibility index (Phi) is 5.64. The van der Waals surface area contributed by atoms with Crippen LogP contribution in [0.2, 0.25) is 0 Å². The monoisotopic (exact) mass is 483 g/mol. The van der Waals surface area contributed by atoms with E-state index in [9.17, 15) is 0 Å². The first-order chi connectivity index (χ1) is 17.9. The van der Waals surface area contributed by atoms with E-state index in [1.807, 2.05) is 18.3 Å². The van der Waals surface area contributed by atoms with Gasteiger partial charge in [-0.1, -0.05) is 69.3 Å². The molecule has 0 fully saturated rings. The lowest BCUT2D eigenvalue weighted by Crippen LogP contribution is -2.30. The van der Waals surface area contributed by atoms with E-state index in [0.29, 0.717) is 0 Å². The first-order valence-electron chi connectivity index (χ1n) is 12.8. The van der Waals surface area contributed by atoms with Crippen LogP contribution in [0.25, 0.3) is 44.5 Å². The summed E-state index contributed by atoms with van der Waals surface area (Å²) < 4.78 is 8.71. The maximum Gasteiger partial charge on any atom is 0.212 e. The molecule has 0 aliphatic heterocycles. The van der Waals surface area contributed by atoms with Crippen LogP contribution in [0.4, 0.5) is 0 Å². The second-order valence-corrected chi connectivity index (χ2v) is 10.8. The van der Waals surface area contributed by atoms with Gasteiger partial charge in [-0.05, 0) is 58.9 Å². The van der Waals surface area contributed by atoms with Gasteiger partial charge >= 0.3 is 0 Å². The van der Waals surface area contributed by atoms with Gasteiger partial charge < -0.3 is 4.42 Å². The largest absolute Gasteiger partial charge is 0.455 e. The highest BCUT2D eigenvalue weighted by atomic mass is 16.3. The average molecular weight is 484 g/mol. The fourth-order valence-electron chi connectivity index (χ4n) is 5.22. The van der Waals surface area contributed by atoms with Crippen LogP contribution in [0.15, 0.2) is 108 Å². The molecule has 0 unspecified atom stereocenters. The molecule has 3 aromatic carbocycles. The summed E-state index contributed by atoms with van der Waals surface area (Å²) in [6.07, 6.45) is 4.80. The molecule has 0 saturated heterocycles. The van der Waals surface area contributed by atoms with Gasteiger partial charge in [0, 0.05) is 40.2 Å². The number of para-hydroxylation sites is 1. The zero-order valence-electron chi connectivity index (χ0n) is 21.8. The first kappa shape index (κ1) is 23.2. The Morgan fingerprint density at radius 3 is 2.41 bits per heavy atom. The van der Waals surface area contributed by atoms with Crippen molar-refractivity contribution < 1.29 is 8.98 Å². The third-order valence-corrected chi connectivity index (χ3v) is 7.24. The molecule has 3 heterocycles. The lowest BCUT2D eigenvalue weighted by molar-refractivity contribution is -0.660. The van der Waals surface area contributed by atoms with Gasteiger partial charge in [0.1, 0.15) is 18.2 Å². The third kappa shape index (κ3) is 4.21. The van der Waals surface area contributed by atoms with Crippen molar-refractivity contribution in [2.75, 3.05) is 0 Å². The van der Waals surface area contributed by atoms with Gasteiger partial charge in [0.15, 0.2) is 6.20 Å². The van der Waals surface area contributed by atoms with Crippen molar-refractivity contribution in [1.82, 2.24) is 4.98 Å². The average Bonchev–Trinajstić information content (AvgIpc) is 3.27. The molecule has 0 amide bonds. The number of aromatic nitrogens is 2. The molecule has 3 heteroatoms. The second-order valence-electron chi connectivity index (χ2n) is 10.8. The molecule has 0 aliphatic carbocycles. The Hall–Kier alpha value is -4.24. The Labute approximate surface area is 218 Å². The van der Waals surface area contributed by atoms with E-state index in [0.717, 1.165) is 39.6 Å². The Bertz CT molecular complexity index is 1750. The van der Waals surface area contributed by atoms with E-state index in [4.69, 9.17) is 9.40 Å². The molecular weight excluding hydrogens is 452 g/mol. The molecule has 6 rings (SSSR count). The molecule has 0 radical (unpaired) electrons. The van der Waals surface area contributed by atoms with Crippen molar-refractivity contribution in [3.63, 3.8) is 0 Å². The van der Waals surface area contributed by atoms with E-state index in [1.54, 1.807) is 0 Å². The number of nitrogens with zero attached hydrogens (tertiary/aromatic N) is 2. The molecule has 0 N–H and O–H groups in total. The van der Waals surface area contributed by atoms with Crippen LogP contribution in [0.1, 0.15) is 37.5 Å². The van der Waals surface area contributed by atoms with Crippen molar-refractivity contribution in [2.24, 2.45) is 7.05 Å². The molecule has 3 nitrogen and oxygen atoms in total. The van der Waals surface area contributed by atoms with E-state index in [2.05, 4.69) is 117 Å². The number of hydrogen-bond donors (Lipinski definition) is 0. The summed E-state index contributed by atoms with van der Waals surface area (Å²) in [4.78, 5) is 4.88. The highest BCUT2D eigenvalue weighted by Crippen LogP contribution is 2.39. The molecular formula is C34H31N2O+. The van der Waals surface area contributed by atoms with Crippen molar-refractivity contribution in [1.29, 1.82) is 0 Å². The van der Waals surface area contributed by atoms with E-state index >= 15 is 0 Å². The van der Waals surface area contributed by atoms with Crippen LogP contribution >= 0.6 is 0 Å². The lowest BCUT2D eigenvalue weighted by Gasteiger charge is -2.20. The number of hydrogen-bond acceptors (Lipinski definition) is 2. The van der Waals surface area contributed by atoms with Gasteiger partial charge in [0.25, 0.3) is 0 Å². The van der Waals surface area contributed by atoms with Gasteiger partial charge in [-0.25, -0.2) is 4.57 Å². The smallest absolute Gasteiger partial charge is 0.212 e. The summed E-state index contributed by atoms with van der Waals surface area (Å²) >= 11 is 0. The molecule has 0 spiro atoms. The normalized spacial score (nSPS) is 11.9. The van der Waals surface area contributed by atoms with Gasteiger partial charge in [0.05, 0.1) is 5.69 Å². The number of rotatable bonds is 4. The Morgan fingerprint density at radius 1 is 0.784 bits per heavy atom. The minimum absolute atomic E-state index is 0.0221. The van der Waals surface area contributed by atoms with Crippen LogP contribution in [0, 0.1) is 0 Å². The summed E-state index contributed by atoms with van der Waals surface area (Å²) in [5, 5.41) is 2.26. The number of furan rings is 1. The predicted octanol–water partition coefficient (Wildman–Crippen LogP) is 8.03. The van der Waals surface area contributed by atoms with Crippen LogP contribution in [0.5, 0.6) is 0 Å². The second kappa shape index (κ2) is 9.01. The minimum atomic E-state index is 0.0221. The standard InChI is InChI=1S/C34H31N2O/c1-34(2,3)25-18-19-35-29(22-25)32-24(16-17-28-27-13-7-8-15-31(27)37-33(28)32)21-23-11-5-6-12-26(23)30-14-9-10-20-36(30)4/h5-20,22H,21H2,1-4H3/q+1. The molecule has 0 bridgehead atoms. The number of pyridine rings is 2. The van der Waals surface area contributed by atoms with Crippen molar-refractivity contribution in [3.05, 3.63) is 120 Å². The fraction of sp³-hybridized carbons (Fsp3) is 0.176. The predicted molar refractivity (Wildman–Crippen MR) is 152 cm³/mol. The quantitative estimate of drug-likeness (QED) is 0.238. The number of aryl methyl sites for hydroxylation is 1. The Morgan fingerprint density at radius 2 is 1.57 bits per heavy atom. The van der Waals surface area contributed by atoms with Crippen molar-refractivity contribution in [3.8, 4) is 22.5 Å². The van der Waals surface area contributed by atoms with E-state index in [1.165, 1.54) is 27.9 Å². The van der Waals surface area contributed by atoms with Crippen LogP contribution < -0.4 is 4.57 Å².